The predicted molar refractivity (Wildman–Crippen MR) is 519 cm³/mol. The number of anilines is 1. The van der Waals surface area contributed by atoms with E-state index in [4.69, 9.17) is 28.4 Å². The lowest BCUT2D eigenvalue weighted by molar-refractivity contribution is -0.121. The number of aromatic nitrogens is 3. The fraction of sp³-hybridized carbons (Fsp3) is 0.330. The van der Waals surface area contributed by atoms with Crippen LogP contribution < -0.4 is 35.1 Å². The van der Waals surface area contributed by atoms with Gasteiger partial charge >= 0.3 is 0 Å². The number of carbonyl (C=O) groups is 4. The number of morpholine rings is 3. The van der Waals surface area contributed by atoms with Crippen molar-refractivity contribution in [3.8, 4) is 61.8 Å². The highest BCUT2D eigenvalue weighted by Crippen LogP contribution is 2.30. The molecular formula is C109H126FN11O10. The summed E-state index contributed by atoms with van der Waals surface area (Å²) < 4.78 is 48.5. The van der Waals surface area contributed by atoms with E-state index in [1.54, 1.807) is 6.07 Å². The normalized spacial score (nSPS) is 14.1. The van der Waals surface area contributed by atoms with Crippen LogP contribution in [-0.4, -0.2) is 210 Å². The number of hydrogen-bond acceptors (Lipinski definition) is 18. The van der Waals surface area contributed by atoms with Crippen molar-refractivity contribution in [3.63, 3.8) is 0 Å². The first-order valence-electron chi connectivity index (χ1n) is 45.3. The van der Waals surface area contributed by atoms with Gasteiger partial charge in [-0.3, -0.25) is 48.8 Å². The molecule has 9 aromatic carbocycles. The summed E-state index contributed by atoms with van der Waals surface area (Å²) in [7, 11) is 2.14. The molecule has 0 spiro atoms. The third kappa shape index (κ3) is 33.4. The molecule has 0 saturated carbocycles. The number of Topliss-reactive ketones (excluding diaryl/α,β-unsaturated/α-hetero) is 1. The van der Waals surface area contributed by atoms with Gasteiger partial charge in [-0.15, -0.1) is 0 Å². The van der Waals surface area contributed by atoms with Crippen LogP contribution >= 0.6 is 0 Å². The van der Waals surface area contributed by atoms with Crippen molar-refractivity contribution in [1.29, 1.82) is 0 Å². The molecule has 4 aliphatic heterocycles. The topological polar surface area (TPSA) is 215 Å². The Morgan fingerprint density at radius 3 is 1.15 bits per heavy atom. The first kappa shape index (κ1) is 97.4. The van der Waals surface area contributed by atoms with Crippen LogP contribution in [0.2, 0.25) is 0 Å². The van der Waals surface area contributed by atoms with Gasteiger partial charge in [-0.1, -0.05) is 206 Å². The van der Waals surface area contributed by atoms with Crippen LogP contribution in [0, 0.1) is 26.6 Å². The van der Waals surface area contributed by atoms with Crippen LogP contribution in [0.1, 0.15) is 75.4 Å². The summed E-state index contributed by atoms with van der Waals surface area (Å²) in [6.07, 6.45) is 8.03. The molecule has 0 radical (unpaired) electrons. The highest BCUT2D eigenvalue weighted by Gasteiger charge is 2.19. The van der Waals surface area contributed by atoms with E-state index in [1.807, 2.05) is 227 Å². The summed E-state index contributed by atoms with van der Waals surface area (Å²) in [5, 5.41) is 8.89. The van der Waals surface area contributed by atoms with Crippen molar-refractivity contribution in [1.82, 2.24) is 50.5 Å². The number of pyridine rings is 3. The highest BCUT2D eigenvalue weighted by molar-refractivity contribution is 5.82. The Balaban J connectivity index is 0.000000158. The Hall–Kier alpha value is -12.6. The molecule has 12 aromatic rings. The number of hydrogen-bond donors (Lipinski definition) is 3. The van der Waals surface area contributed by atoms with E-state index < -0.39 is 0 Å². The first-order valence-corrected chi connectivity index (χ1v) is 45.3. The molecule has 21 nitrogen and oxygen atoms in total. The summed E-state index contributed by atoms with van der Waals surface area (Å²) in [5.74, 6) is 2.09. The number of halogens is 1. The number of amides is 3. The Kier molecular flexibility index (Phi) is 38.9. The Bertz CT molecular complexity index is 5460. The van der Waals surface area contributed by atoms with E-state index in [-0.39, 0.29) is 56.0 Å². The number of benzene rings is 9. The van der Waals surface area contributed by atoms with Crippen LogP contribution in [0.15, 0.2) is 273 Å². The lowest BCUT2D eigenvalue weighted by atomic mass is 10.0. The lowest BCUT2D eigenvalue weighted by Gasteiger charge is -2.32. The maximum absolute atomic E-state index is 14.8. The SMILES string of the molecule is C.Cc1cccc(CNC(=O)Cc2ccc(-c3ccc(N4CCOCC4)cc3)cn2)c1.Cc1cccc(CNC(=O)Cc2ccc(-c3ccc(OCCN4CCN(C)CC4)cc3F)cc2)c1.Cc1cccc(CNC(=O)Cc2ccc(-c3ccc(OCCN4CCOCC4)cc3)cn2)c1.O=C(CCc1ccccc1)Cc1ccc(-c2ccc(OCCN3CCOCC3)cc2)cn1. The van der Waals surface area contributed by atoms with Crippen molar-refractivity contribution < 1.29 is 52.0 Å². The van der Waals surface area contributed by atoms with E-state index in [0.29, 0.717) is 63.6 Å². The van der Waals surface area contributed by atoms with Gasteiger partial charge in [-0.2, -0.15) is 0 Å². The summed E-state index contributed by atoms with van der Waals surface area (Å²) in [6, 6.07) is 83.5. The Labute approximate surface area is 772 Å². The van der Waals surface area contributed by atoms with E-state index in [0.717, 1.165) is 221 Å². The molecule has 22 heteroatoms. The molecule has 0 aliphatic carbocycles. The standard InChI is InChI=1S/C29H34FN3O2.C27H31N3O3.C27H30N2O3.C25H27N3O2.CH4/c1-22-4-3-5-24(18-22)21-31-29(34)19-23-6-8-25(9-7-23)27-11-10-26(20-28(27)30)35-17-16-33-14-12-32(2)13-15-33;1-21-3-2-4-22(17-21)19-29-27(31)18-25-8-5-24(20-28-25)23-6-9-26(10-7-23)33-16-13-30-11-14-32-15-12-30;30-26(11-6-22-4-2-1-3-5-22)20-25-10-7-24(21-28-25)23-8-12-27(13-9-23)32-19-16-29-14-17-31-18-15-29;1-19-3-2-4-20(15-19)17-27-25(29)16-23-8-5-22(18-26-23)21-6-9-24(10-7-21)28-11-13-30-14-12-28;/h3-11,18,20H,12-17,19,21H2,1-2H3,(H,31,34);2-10,17,20H,11-16,18-19H2,1H3,(H,29,31);1-5,7-10,12-13,21H,6,11,14-20H2;2-10,15,18H,11-14,16-17H2,1H3,(H,27,29);1H4. The van der Waals surface area contributed by atoms with Crippen LogP contribution in [0.3, 0.4) is 0 Å². The number of likely N-dealkylation sites (N-methyl/N-ethyl adjacent to an activating group) is 1. The number of aryl methyl sites for hydroxylation is 4. The van der Waals surface area contributed by atoms with Gasteiger partial charge in [0.2, 0.25) is 17.7 Å². The second-order valence-corrected chi connectivity index (χ2v) is 33.3. The zero-order valence-corrected chi connectivity index (χ0v) is 75.4. The van der Waals surface area contributed by atoms with Crippen molar-refractivity contribution in [2.24, 2.45) is 0 Å². The molecule has 4 saturated heterocycles. The largest absolute Gasteiger partial charge is 0.492 e. The van der Waals surface area contributed by atoms with Crippen molar-refractivity contribution in [3.05, 3.63) is 341 Å². The second kappa shape index (κ2) is 52.3. The van der Waals surface area contributed by atoms with Crippen LogP contribution in [0.4, 0.5) is 10.1 Å². The highest BCUT2D eigenvalue weighted by atomic mass is 19.1. The average Bonchev–Trinajstić information content (AvgIpc) is 0.826. The third-order valence-corrected chi connectivity index (χ3v) is 23.1. The number of rotatable bonds is 34. The predicted octanol–water partition coefficient (Wildman–Crippen LogP) is 16.5. The van der Waals surface area contributed by atoms with Gasteiger partial charge in [0.25, 0.3) is 0 Å². The molecule has 7 heterocycles. The van der Waals surface area contributed by atoms with E-state index in [1.165, 1.54) is 34.0 Å². The van der Waals surface area contributed by atoms with Crippen molar-refractivity contribution >= 4 is 29.2 Å². The minimum absolute atomic E-state index is 0. The molecule has 3 amide bonds. The number of carbonyl (C=O) groups excluding carboxylic acids is 4. The summed E-state index contributed by atoms with van der Waals surface area (Å²) >= 11 is 0. The lowest BCUT2D eigenvalue weighted by Crippen LogP contribution is -2.45. The molecule has 16 rings (SSSR count). The van der Waals surface area contributed by atoms with Gasteiger partial charge in [0.1, 0.15) is 48.7 Å². The quantitative estimate of drug-likeness (QED) is 0.0342. The molecule has 0 bridgehead atoms. The van der Waals surface area contributed by atoms with Crippen molar-refractivity contribution in [2.45, 2.75) is 86.4 Å². The van der Waals surface area contributed by atoms with Gasteiger partial charge < -0.3 is 54.2 Å². The van der Waals surface area contributed by atoms with Crippen LogP contribution in [-0.2, 0) is 85.1 Å². The molecular weight excluding hydrogens is 1640 g/mol. The zero-order chi connectivity index (χ0) is 90.3. The first-order chi connectivity index (χ1) is 63.5. The maximum atomic E-state index is 14.8. The molecule has 0 unspecified atom stereocenters. The van der Waals surface area contributed by atoms with Gasteiger partial charge in [-0.05, 0) is 151 Å². The third-order valence-electron chi connectivity index (χ3n) is 23.1. The smallest absolute Gasteiger partial charge is 0.226 e. The van der Waals surface area contributed by atoms with E-state index in [9.17, 15) is 23.6 Å². The monoisotopic (exact) mass is 1770 g/mol. The fourth-order valence-corrected chi connectivity index (χ4v) is 15.5. The zero-order valence-electron chi connectivity index (χ0n) is 75.4. The van der Waals surface area contributed by atoms with Gasteiger partial charge in [0.05, 0.1) is 58.9 Å². The second-order valence-electron chi connectivity index (χ2n) is 33.3. The van der Waals surface area contributed by atoms with Crippen molar-refractivity contribution in [2.75, 3.05) is 156 Å². The molecule has 684 valence electrons. The number of ketones is 1. The minimum atomic E-state index is -0.314. The Morgan fingerprint density at radius 2 is 0.733 bits per heavy atom. The molecule has 131 heavy (non-hydrogen) atoms. The average molecular weight is 1770 g/mol. The number of piperazine rings is 1. The van der Waals surface area contributed by atoms with Gasteiger partial charge in [-0.25, -0.2) is 4.39 Å². The van der Waals surface area contributed by atoms with E-state index >= 15 is 0 Å². The number of ether oxygens (including phenoxy) is 6. The van der Waals surface area contributed by atoms with E-state index in [2.05, 4.69) is 117 Å². The molecule has 4 aliphatic rings. The number of nitrogens with zero attached hydrogens (tertiary/aromatic N) is 8. The maximum Gasteiger partial charge on any atom is 0.226 e. The summed E-state index contributed by atoms with van der Waals surface area (Å²) in [5.41, 5.74) is 20.1. The minimum Gasteiger partial charge on any atom is -0.492 e. The van der Waals surface area contributed by atoms with Crippen LogP contribution in [0.5, 0.6) is 17.2 Å². The van der Waals surface area contributed by atoms with Gasteiger partial charge in [0, 0.05) is 187 Å². The summed E-state index contributed by atoms with van der Waals surface area (Å²) in [4.78, 5) is 74.4. The molecule has 3 N–H and O–H groups in total. The Morgan fingerprint density at radius 1 is 0.359 bits per heavy atom. The molecule has 4 fully saturated rings. The fourth-order valence-electron chi connectivity index (χ4n) is 15.5. The number of nitrogens with one attached hydrogen (secondary N) is 3. The molecule has 0 atom stereocenters. The van der Waals surface area contributed by atoms with Crippen LogP contribution in [0.25, 0.3) is 44.5 Å². The summed E-state index contributed by atoms with van der Waals surface area (Å²) in [6.45, 7) is 27.0. The van der Waals surface area contributed by atoms with Gasteiger partial charge in [0.15, 0.2) is 0 Å². The molecule has 3 aromatic heterocycles.